The third-order valence-corrected chi connectivity index (χ3v) is 5.45. The number of nitrogens with one attached hydrogen (secondary N) is 2. The fourth-order valence-corrected chi connectivity index (χ4v) is 3.73. The second-order valence-corrected chi connectivity index (χ2v) is 7.86. The van der Waals surface area contributed by atoms with E-state index in [1.54, 1.807) is 11.3 Å². The predicted molar refractivity (Wildman–Crippen MR) is 110 cm³/mol. The van der Waals surface area contributed by atoms with E-state index >= 15 is 0 Å². The van der Waals surface area contributed by atoms with Gasteiger partial charge in [0.2, 0.25) is 5.91 Å². The van der Waals surface area contributed by atoms with Crippen molar-refractivity contribution in [1.82, 2.24) is 10.3 Å². The third kappa shape index (κ3) is 5.05. The maximum Gasteiger partial charge on any atom is 0.220 e. The highest BCUT2D eigenvalue weighted by molar-refractivity contribution is 7.18. The summed E-state index contributed by atoms with van der Waals surface area (Å²) in [6, 6.07) is 18.4. The molecule has 0 bridgehead atoms. The number of rotatable bonds is 8. The molecular weight excluding hydrogens is 342 g/mol. The van der Waals surface area contributed by atoms with E-state index in [1.807, 2.05) is 48.5 Å². The highest BCUT2D eigenvalue weighted by Gasteiger charge is 2.15. The Hall–Kier alpha value is -2.40. The number of nitrogens with zero attached hydrogens (tertiary/aromatic N) is 1. The fraction of sp³-hybridized carbons (Fsp3) is 0.333. The van der Waals surface area contributed by atoms with E-state index in [9.17, 15) is 4.79 Å². The van der Waals surface area contributed by atoms with Gasteiger partial charge in [0.1, 0.15) is 0 Å². The molecule has 0 aliphatic heterocycles. The van der Waals surface area contributed by atoms with E-state index in [4.69, 9.17) is 0 Å². The normalized spacial score (nSPS) is 12.3. The van der Waals surface area contributed by atoms with Gasteiger partial charge in [-0.2, -0.15) is 0 Å². The van der Waals surface area contributed by atoms with Crippen LogP contribution < -0.4 is 10.6 Å². The highest BCUT2D eigenvalue weighted by atomic mass is 32.1. The standard InChI is InChI=1S/C21H25N3OS/c1-15(2)18(23-16-8-4-3-5-9-16)14-22-20(25)12-13-21-24-17-10-6-7-11-19(17)26-21/h3-11,15,18,23H,12-14H2,1-2H3,(H,22,25). The molecule has 0 saturated heterocycles. The van der Waals surface area contributed by atoms with Crippen molar-refractivity contribution in [3.05, 3.63) is 59.6 Å². The van der Waals surface area contributed by atoms with Crippen molar-refractivity contribution in [3.63, 3.8) is 0 Å². The number of para-hydroxylation sites is 2. The Labute approximate surface area is 158 Å². The smallest absolute Gasteiger partial charge is 0.220 e. The molecule has 1 amide bonds. The Morgan fingerprint density at radius 1 is 1.08 bits per heavy atom. The first kappa shape index (κ1) is 18.4. The molecule has 3 aromatic rings. The molecule has 3 rings (SSSR count). The number of hydrogen-bond acceptors (Lipinski definition) is 4. The summed E-state index contributed by atoms with van der Waals surface area (Å²) < 4.78 is 1.18. The van der Waals surface area contributed by atoms with Crippen LogP contribution in [0.3, 0.4) is 0 Å². The third-order valence-electron chi connectivity index (χ3n) is 4.35. The number of carbonyl (C=O) groups is 1. The fourth-order valence-electron chi connectivity index (χ4n) is 2.76. The van der Waals surface area contributed by atoms with Crippen LogP contribution in [0.25, 0.3) is 10.2 Å². The first-order valence-corrected chi connectivity index (χ1v) is 9.86. The van der Waals surface area contributed by atoms with E-state index in [1.165, 1.54) is 4.70 Å². The first-order chi connectivity index (χ1) is 12.6. The number of aryl methyl sites for hydroxylation is 1. The molecule has 0 radical (unpaired) electrons. The van der Waals surface area contributed by atoms with Gasteiger partial charge in [0.05, 0.1) is 15.2 Å². The minimum atomic E-state index is 0.0739. The van der Waals surface area contributed by atoms with Gasteiger partial charge in [-0.1, -0.05) is 44.2 Å². The van der Waals surface area contributed by atoms with Crippen LogP contribution in [0.1, 0.15) is 25.3 Å². The molecule has 0 aliphatic rings. The van der Waals surface area contributed by atoms with E-state index < -0.39 is 0 Å². The van der Waals surface area contributed by atoms with Crippen LogP contribution in [0.5, 0.6) is 0 Å². The van der Waals surface area contributed by atoms with Crippen molar-refractivity contribution >= 4 is 33.1 Å². The second-order valence-electron chi connectivity index (χ2n) is 6.74. The van der Waals surface area contributed by atoms with Crippen LogP contribution in [0.4, 0.5) is 5.69 Å². The lowest BCUT2D eigenvalue weighted by atomic mass is 10.0. The van der Waals surface area contributed by atoms with Gasteiger partial charge >= 0.3 is 0 Å². The number of carbonyl (C=O) groups excluding carboxylic acids is 1. The van der Waals surface area contributed by atoms with Gasteiger partial charge in [0, 0.05) is 31.1 Å². The zero-order valence-electron chi connectivity index (χ0n) is 15.2. The van der Waals surface area contributed by atoms with Crippen LogP contribution in [0.15, 0.2) is 54.6 Å². The van der Waals surface area contributed by atoms with E-state index in [-0.39, 0.29) is 11.9 Å². The number of anilines is 1. The van der Waals surface area contributed by atoms with Crippen LogP contribution in [-0.4, -0.2) is 23.5 Å². The zero-order chi connectivity index (χ0) is 18.4. The molecule has 4 nitrogen and oxygen atoms in total. The summed E-state index contributed by atoms with van der Waals surface area (Å²) in [5.41, 5.74) is 2.09. The molecule has 136 valence electrons. The van der Waals surface area contributed by atoms with Crippen molar-refractivity contribution in [2.24, 2.45) is 5.92 Å². The molecule has 0 spiro atoms. The van der Waals surface area contributed by atoms with Gasteiger partial charge in [-0.05, 0) is 30.2 Å². The van der Waals surface area contributed by atoms with E-state index in [2.05, 4.69) is 35.5 Å². The minimum absolute atomic E-state index is 0.0739. The molecular formula is C21H25N3OS. The lowest BCUT2D eigenvalue weighted by Gasteiger charge is -2.24. The van der Waals surface area contributed by atoms with E-state index in [0.717, 1.165) is 16.2 Å². The number of aromatic nitrogens is 1. The van der Waals surface area contributed by atoms with Gasteiger partial charge in [-0.25, -0.2) is 4.98 Å². The quantitative estimate of drug-likeness (QED) is 0.617. The molecule has 5 heteroatoms. The number of amides is 1. The van der Waals surface area contributed by atoms with E-state index in [0.29, 0.717) is 25.3 Å². The van der Waals surface area contributed by atoms with Crippen molar-refractivity contribution in [2.75, 3.05) is 11.9 Å². The van der Waals surface area contributed by atoms with Crippen molar-refractivity contribution in [1.29, 1.82) is 0 Å². The summed E-state index contributed by atoms with van der Waals surface area (Å²) in [6.45, 7) is 4.94. The summed E-state index contributed by atoms with van der Waals surface area (Å²) in [5, 5.41) is 7.58. The summed E-state index contributed by atoms with van der Waals surface area (Å²) in [4.78, 5) is 16.8. The molecule has 1 unspecified atom stereocenters. The second kappa shape index (κ2) is 8.81. The molecule has 1 heterocycles. The van der Waals surface area contributed by atoms with Gasteiger partial charge in [-0.3, -0.25) is 4.79 Å². The van der Waals surface area contributed by atoms with Crippen LogP contribution >= 0.6 is 11.3 Å². The largest absolute Gasteiger partial charge is 0.380 e. The Morgan fingerprint density at radius 3 is 2.54 bits per heavy atom. The maximum absolute atomic E-state index is 12.2. The first-order valence-electron chi connectivity index (χ1n) is 9.04. The molecule has 0 aliphatic carbocycles. The summed E-state index contributed by atoms with van der Waals surface area (Å²) >= 11 is 1.67. The van der Waals surface area contributed by atoms with Gasteiger partial charge in [-0.15, -0.1) is 11.3 Å². The van der Waals surface area contributed by atoms with Crippen molar-refractivity contribution in [3.8, 4) is 0 Å². The van der Waals surface area contributed by atoms with Gasteiger partial charge < -0.3 is 10.6 Å². The Bertz CT molecular complexity index is 812. The highest BCUT2D eigenvalue weighted by Crippen LogP contribution is 2.22. The van der Waals surface area contributed by atoms with Gasteiger partial charge in [0.25, 0.3) is 0 Å². The minimum Gasteiger partial charge on any atom is -0.380 e. The molecule has 0 fully saturated rings. The lowest BCUT2D eigenvalue weighted by Crippen LogP contribution is -2.39. The number of benzene rings is 2. The molecule has 1 atom stereocenters. The number of fused-ring (bicyclic) bond motifs is 1. The number of thiazole rings is 1. The van der Waals surface area contributed by atoms with Crippen LogP contribution in [0.2, 0.25) is 0 Å². The van der Waals surface area contributed by atoms with Crippen molar-refractivity contribution in [2.45, 2.75) is 32.7 Å². The average molecular weight is 368 g/mol. The average Bonchev–Trinajstić information content (AvgIpc) is 3.07. The SMILES string of the molecule is CC(C)C(CNC(=O)CCc1nc2ccccc2s1)Nc1ccccc1. The van der Waals surface area contributed by atoms with Crippen LogP contribution in [-0.2, 0) is 11.2 Å². The van der Waals surface area contributed by atoms with Crippen LogP contribution in [0, 0.1) is 5.92 Å². The molecule has 1 aromatic heterocycles. The maximum atomic E-state index is 12.2. The monoisotopic (exact) mass is 367 g/mol. The molecule has 2 N–H and O–H groups in total. The Balaban J connectivity index is 1.48. The molecule has 26 heavy (non-hydrogen) atoms. The van der Waals surface area contributed by atoms with Crippen molar-refractivity contribution < 1.29 is 4.79 Å². The lowest BCUT2D eigenvalue weighted by molar-refractivity contribution is -0.121. The number of hydrogen-bond donors (Lipinski definition) is 2. The molecule has 2 aromatic carbocycles. The Kier molecular flexibility index (Phi) is 6.23. The predicted octanol–water partition coefficient (Wildman–Crippen LogP) is 4.48. The zero-order valence-corrected chi connectivity index (χ0v) is 16.1. The Morgan fingerprint density at radius 2 is 1.81 bits per heavy atom. The topological polar surface area (TPSA) is 54.0 Å². The van der Waals surface area contributed by atoms with Gasteiger partial charge in [0.15, 0.2) is 0 Å². The summed E-state index contributed by atoms with van der Waals surface area (Å²) in [7, 11) is 0. The summed E-state index contributed by atoms with van der Waals surface area (Å²) in [6.07, 6.45) is 1.15. The summed E-state index contributed by atoms with van der Waals surface area (Å²) in [5.74, 6) is 0.490. The molecule has 0 saturated carbocycles.